The van der Waals surface area contributed by atoms with Crippen molar-refractivity contribution in [3.8, 4) is 0 Å². The summed E-state index contributed by atoms with van der Waals surface area (Å²) in [6, 6.07) is 7.23. The fourth-order valence-corrected chi connectivity index (χ4v) is 1.85. The summed E-state index contributed by atoms with van der Waals surface area (Å²) < 4.78 is 0. The number of benzene rings is 1. The van der Waals surface area contributed by atoms with E-state index in [1.165, 1.54) is 0 Å². The molecular weight excluding hydrogens is 238 g/mol. The molecule has 1 aromatic rings. The van der Waals surface area contributed by atoms with E-state index in [0.717, 1.165) is 5.56 Å². The summed E-state index contributed by atoms with van der Waals surface area (Å²) in [5.74, 6) is -1.14. The fraction of sp³-hybridized carbons (Fsp3) is 0.462. The first-order valence-electron chi connectivity index (χ1n) is 5.65. The van der Waals surface area contributed by atoms with E-state index >= 15 is 0 Å². The number of carbonyl (C=O) groups is 1. The van der Waals surface area contributed by atoms with Crippen molar-refractivity contribution in [2.24, 2.45) is 11.7 Å². The Balaban J connectivity index is 2.63. The van der Waals surface area contributed by atoms with E-state index in [0.29, 0.717) is 11.4 Å². The molecule has 3 N–H and O–H groups in total. The maximum atomic E-state index is 10.8. The standard InChI is InChI=1S/C13H18ClNO2/c1-8(7-12(15)9(2)13(16)17)10-3-5-11(14)6-4-10/h3-6,8-9,12H,7,15H2,1-2H3,(H,16,17). The number of rotatable bonds is 5. The lowest BCUT2D eigenvalue weighted by molar-refractivity contribution is -0.141. The first kappa shape index (κ1) is 14.0. The summed E-state index contributed by atoms with van der Waals surface area (Å²) in [7, 11) is 0. The van der Waals surface area contributed by atoms with Crippen LogP contribution < -0.4 is 5.73 Å². The lowest BCUT2D eigenvalue weighted by atomic mass is 9.89. The maximum Gasteiger partial charge on any atom is 0.307 e. The van der Waals surface area contributed by atoms with Gasteiger partial charge in [-0.15, -0.1) is 0 Å². The average Bonchev–Trinajstić information content (AvgIpc) is 2.28. The number of halogens is 1. The first-order valence-corrected chi connectivity index (χ1v) is 6.03. The second-order valence-corrected chi connectivity index (χ2v) is 4.92. The minimum absolute atomic E-state index is 0.226. The van der Waals surface area contributed by atoms with Crippen LogP contribution in [0.25, 0.3) is 0 Å². The molecule has 0 aliphatic heterocycles. The van der Waals surface area contributed by atoms with Crippen molar-refractivity contribution < 1.29 is 9.90 Å². The van der Waals surface area contributed by atoms with E-state index in [2.05, 4.69) is 0 Å². The molecule has 3 unspecified atom stereocenters. The van der Waals surface area contributed by atoms with Crippen LogP contribution in [0.1, 0.15) is 31.7 Å². The number of carboxylic acid groups (broad SMARTS) is 1. The molecule has 0 bridgehead atoms. The van der Waals surface area contributed by atoms with Crippen LogP contribution in [0.4, 0.5) is 0 Å². The molecule has 1 aromatic carbocycles. The van der Waals surface area contributed by atoms with Crippen LogP contribution in [0.15, 0.2) is 24.3 Å². The SMILES string of the molecule is CC(CC(N)C(C)C(=O)O)c1ccc(Cl)cc1. The lowest BCUT2D eigenvalue weighted by Crippen LogP contribution is -2.34. The Kier molecular flexibility index (Phi) is 4.97. The first-order chi connectivity index (χ1) is 7.91. The normalized spacial score (nSPS) is 16.2. The largest absolute Gasteiger partial charge is 0.481 e. The molecule has 0 aliphatic carbocycles. The minimum Gasteiger partial charge on any atom is -0.481 e. The molecule has 3 atom stereocenters. The zero-order valence-corrected chi connectivity index (χ0v) is 10.8. The van der Waals surface area contributed by atoms with Gasteiger partial charge in [0.05, 0.1) is 5.92 Å². The van der Waals surface area contributed by atoms with E-state index < -0.39 is 11.9 Å². The third-order valence-electron chi connectivity index (χ3n) is 3.10. The van der Waals surface area contributed by atoms with Crippen molar-refractivity contribution in [1.82, 2.24) is 0 Å². The molecule has 0 aliphatic rings. The van der Waals surface area contributed by atoms with Crippen LogP contribution >= 0.6 is 11.6 Å². The zero-order valence-electron chi connectivity index (χ0n) is 10.1. The lowest BCUT2D eigenvalue weighted by Gasteiger charge is -2.20. The van der Waals surface area contributed by atoms with E-state index in [1.807, 2.05) is 31.2 Å². The number of hydrogen-bond acceptors (Lipinski definition) is 2. The summed E-state index contributed by atoms with van der Waals surface area (Å²) in [5, 5.41) is 9.57. The topological polar surface area (TPSA) is 63.3 Å². The molecule has 0 saturated carbocycles. The molecule has 0 aromatic heterocycles. The van der Waals surface area contributed by atoms with Crippen molar-refractivity contribution in [2.75, 3.05) is 0 Å². The summed E-state index contributed by atoms with van der Waals surface area (Å²) in [5.41, 5.74) is 7.01. The highest BCUT2D eigenvalue weighted by Gasteiger charge is 2.22. The van der Waals surface area contributed by atoms with Gasteiger partial charge in [-0.2, -0.15) is 0 Å². The van der Waals surface area contributed by atoms with Crippen molar-refractivity contribution in [1.29, 1.82) is 0 Å². The van der Waals surface area contributed by atoms with Gasteiger partial charge in [0, 0.05) is 11.1 Å². The van der Waals surface area contributed by atoms with Gasteiger partial charge in [-0.05, 0) is 30.0 Å². The van der Waals surface area contributed by atoms with Crippen molar-refractivity contribution in [3.63, 3.8) is 0 Å². The highest BCUT2D eigenvalue weighted by molar-refractivity contribution is 6.30. The quantitative estimate of drug-likeness (QED) is 0.850. The van der Waals surface area contributed by atoms with Crippen molar-refractivity contribution >= 4 is 17.6 Å². The average molecular weight is 256 g/mol. The maximum absolute atomic E-state index is 10.8. The predicted octanol–water partition coefficient (Wildman–Crippen LogP) is 2.88. The Morgan fingerprint density at radius 2 is 1.88 bits per heavy atom. The van der Waals surface area contributed by atoms with Crippen LogP contribution in [0, 0.1) is 5.92 Å². The highest BCUT2D eigenvalue weighted by Crippen LogP contribution is 2.23. The van der Waals surface area contributed by atoms with Gasteiger partial charge >= 0.3 is 5.97 Å². The van der Waals surface area contributed by atoms with E-state index in [9.17, 15) is 4.79 Å². The predicted molar refractivity (Wildman–Crippen MR) is 69.3 cm³/mol. The van der Waals surface area contributed by atoms with E-state index in [1.54, 1.807) is 6.92 Å². The summed E-state index contributed by atoms with van der Waals surface area (Å²) >= 11 is 5.81. The van der Waals surface area contributed by atoms with Gasteiger partial charge in [-0.1, -0.05) is 37.6 Å². The monoisotopic (exact) mass is 255 g/mol. The van der Waals surface area contributed by atoms with Crippen LogP contribution in [-0.4, -0.2) is 17.1 Å². The van der Waals surface area contributed by atoms with Gasteiger partial charge in [0.2, 0.25) is 0 Å². The molecule has 0 saturated heterocycles. The third kappa shape index (κ3) is 4.02. The molecule has 1 rings (SSSR count). The number of nitrogens with two attached hydrogens (primary N) is 1. The molecule has 94 valence electrons. The molecule has 0 heterocycles. The fourth-order valence-electron chi connectivity index (χ4n) is 1.72. The van der Waals surface area contributed by atoms with Crippen molar-refractivity contribution in [3.05, 3.63) is 34.9 Å². The third-order valence-corrected chi connectivity index (χ3v) is 3.35. The second-order valence-electron chi connectivity index (χ2n) is 4.48. The Hall–Kier alpha value is -1.06. The smallest absolute Gasteiger partial charge is 0.307 e. The molecule has 0 amide bonds. The van der Waals surface area contributed by atoms with E-state index in [4.69, 9.17) is 22.4 Å². The number of hydrogen-bond donors (Lipinski definition) is 2. The van der Waals surface area contributed by atoms with Gasteiger partial charge in [0.1, 0.15) is 0 Å². The Morgan fingerprint density at radius 3 is 2.35 bits per heavy atom. The zero-order chi connectivity index (χ0) is 13.0. The van der Waals surface area contributed by atoms with Gasteiger partial charge < -0.3 is 10.8 Å². The second kappa shape index (κ2) is 6.03. The van der Waals surface area contributed by atoms with Crippen LogP contribution in [0.5, 0.6) is 0 Å². The van der Waals surface area contributed by atoms with Gasteiger partial charge in [0.25, 0.3) is 0 Å². The van der Waals surface area contributed by atoms with Gasteiger partial charge in [0.15, 0.2) is 0 Å². The minimum atomic E-state index is -0.846. The Morgan fingerprint density at radius 1 is 1.35 bits per heavy atom. The molecule has 0 radical (unpaired) electrons. The molecule has 3 nitrogen and oxygen atoms in total. The number of aliphatic carboxylic acids is 1. The van der Waals surface area contributed by atoms with E-state index in [-0.39, 0.29) is 12.0 Å². The number of carboxylic acids is 1. The van der Waals surface area contributed by atoms with Crippen LogP contribution in [0.2, 0.25) is 5.02 Å². The highest BCUT2D eigenvalue weighted by atomic mass is 35.5. The summed E-state index contributed by atoms with van der Waals surface area (Å²) in [4.78, 5) is 10.8. The molecular formula is C13H18ClNO2. The molecule has 4 heteroatoms. The van der Waals surface area contributed by atoms with Crippen molar-refractivity contribution in [2.45, 2.75) is 32.2 Å². The molecule has 17 heavy (non-hydrogen) atoms. The van der Waals surface area contributed by atoms with Gasteiger partial charge in [-0.3, -0.25) is 4.79 Å². The van der Waals surface area contributed by atoms with Crippen LogP contribution in [-0.2, 0) is 4.79 Å². The van der Waals surface area contributed by atoms with Crippen LogP contribution in [0.3, 0.4) is 0 Å². The summed E-state index contributed by atoms with van der Waals surface area (Å²) in [6.07, 6.45) is 0.648. The molecule has 0 spiro atoms. The summed E-state index contributed by atoms with van der Waals surface area (Å²) in [6.45, 7) is 3.68. The van der Waals surface area contributed by atoms with Gasteiger partial charge in [-0.25, -0.2) is 0 Å². The Labute approximate surface area is 107 Å². The molecule has 0 fully saturated rings. The Bertz CT molecular complexity index is 378.